The number of amides is 1. The summed E-state index contributed by atoms with van der Waals surface area (Å²) in [5.74, 6) is 0.384. The SMILES string of the molecule is C=CCC(N)C(=O)NCC1CCC(O)CC1. The van der Waals surface area contributed by atoms with Crippen molar-refractivity contribution in [3.8, 4) is 0 Å². The Kier molecular flexibility index (Phi) is 5.49. The van der Waals surface area contributed by atoms with Crippen molar-refractivity contribution in [2.75, 3.05) is 6.54 Å². The molecule has 1 fully saturated rings. The molecule has 1 amide bonds. The molecule has 1 unspecified atom stereocenters. The van der Waals surface area contributed by atoms with Crippen LogP contribution in [-0.2, 0) is 4.79 Å². The van der Waals surface area contributed by atoms with Crippen LogP contribution in [0.2, 0.25) is 0 Å². The van der Waals surface area contributed by atoms with E-state index in [0.29, 0.717) is 18.9 Å². The minimum atomic E-state index is -0.480. The molecule has 0 radical (unpaired) electrons. The van der Waals surface area contributed by atoms with Gasteiger partial charge in [0.1, 0.15) is 0 Å². The number of rotatable bonds is 5. The van der Waals surface area contributed by atoms with E-state index in [4.69, 9.17) is 5.73 Å². The number of carbonyl (C=O) groups is 1. The Morgan fingerprint density at radius 3 is 2.69 bits per heavy atom. The molecule has 4 N–H and O–H groups in total. The van der Waals surface area contributed by atoms with E-state index in [1.165, 1.54) is 0 Å². The Balaban J connectivity index is 2.18. The Morgan fingerprint density at radius 2 is 2.12 bits per heavy atom. The van der Waals surface area contributed by atoms with Crippen LogP contribution in [-0.4, -0.2) is 29.7 Å². The Bertz CT molecular complexity index is 235. The predicted octanol–water partition coefficient (Wildman–Crippen LogP) is 0.557. The lowest BCUT2D eigenvalue weighted by Gasteiger charge is -2.25. The minimum Gasteiger partial charge on any atom is -0.393 e. The summed E-state index contributed by atoms with van der Waals surface area (Å²) in [5, 5.41) is 12.2. The smallest absolute Gasteiger partial charge is 0.237 e. The quantitative estimate of drug-likeness (QED) is 0.599. The molecule has 0 saturated heterocycles. The summed E-state index contributed by atoms with van der Waals surface area (Å²) < 4.78 is 0. The standard InChI is InChI=1S/C12H22N2O2/c1-2-3-11(13)12(16)14-8-9-4-6-10(15)7-5-9/h2,9-11,15H,1,3-8,13H2,(H,14,16). The molecule has 1 aliphatic carbocycles. The fourth-order valence-electron chi connectivity index (χ4n) is 2.01. The van der Waals surface area contributed by atoms with Gasteiger partial charge in [-0.25, -0.2) is 0 Å². The number of carbonyl (C=O) groups excluding carboxylic acids is 1. The van der Waals surface area contributed by atoms with E-state index < -0.39 is 6.04 Å². The maximum absolute atomic E-state index is 11.5. The van der Waals surface area contributed by atoms with Gasteiger partial charge in [0.2, 0.25) is 5.91 Å². The Hall–Kier alpha value is -0.870. The second-order valence-corrected chi connectivity index (χ2v) is 4.55. The average molecular weight is 226 g/mol. The van der Waals surface area contributed by atoms with E-state index >= 15 is 0 Å². The Morgan fingerprint density at radius 1 is 1.50 bits per heavy atom. The van der Waals surface area contributed by atoms with Crippen LogP contribution >= 0.6 is 0 Å². The highest BCUT2D eigenvalue weighted by Crippen LogP contribution is 2.23. The van der Waals surface area contributed by atoms with Crippen LogP contribution in [0.3, 0.4) is 0 Å². The van der Waals surface area contributed by atoms with Crippen LogP contribution in [0.4, 0.5) is 0 Å². The Labute approximate surface area is 96.9 Å². The molecule has 0 aliphatic heterocycles. The van der Waals surface area contributed by atoms with E-state index in [-0.39, 0.29) is 12.0 Å². The van der Waals surface area contributed by atoms with Crippen molar-refractivity contribution < 1.29 is 9.90 Å². The molecule has 0 aromatic carbocycles. The molecule has 4 heteroatoms. The highest BCUT2D eigenvalue weighted by Gasteiger charge is 2.20. The monoisotopic (exact) mass is 226 g/mol. The lowest BCUT2D eigenvalue weighted by molar-refractivity contribution is -0.122. The van der Waals surface area contributed by atoms with Crippen molar-refractivity contribution in [2.24, 2.45) is 11.7 Å². The summed E-state index contributed by atoms with van der Waals surface area (Å²) in [5.41, 5.74) is 5.64. The highest BCUT2D eigenvalue weighted by molar-refractivity contribution is 5.81. The average Bonchev–Trinajstić information content (AvgIpc) is 2.28. The van der Waals surface area contributed by atoms with Gasteiger partial charge >= 0.3 is 0 Å². The van der Waals surface area contributed by atoms with E-state index in [1.54, 1.807) is 6.08 Å². The third kappa shape index (κ3) is 4.33. The number of aliphatic hydroxyl groups is 1. The van der Waals surface area contributed by atoms with E-state index in [9.17, 15) is 9.90 Å². The topological polar surface area (TPSA) is 75.4 Å². The maximum atomic E-state index is 11.5. The summed E-state index contributed by atoms with van der Waals surface area (Å²) in [4.78, 5) is 11.5. The zero-order valence-corrected chi connectivity index (χ0v) is 9.69. The van der Waals surface area contributed by atoms with Crippen molar-refractivity contribution >= 4 is 5.91 Å². The van der Waals surface area contributed by atoms with Gasteiger partial charge in [0.05, 0.1) is 12.1 Å². The van der Waals surface area contributed by atoms with Gasteiger partial charge < -0.3 is 16.2 Å². The van der Waals surface area contributed by atoms with Gasteiger partial charge in [0.15, 0.2) is 0 Å². The van der Waals surface area contributed by atoms with Gasteiger partial charge in [-0.3, -0.25) is 4.79 Å². The van der Waals surface area contributed by atoms with E-state index in [0.717, 1.165) is 25.7 Å². The van der Waals surface area contributed by atoms with Gasteiger partial charge in [-0.05, 0) is 38.0 Å². The third-order valence-corrected chi connectivity index (χ3v) is 3.14. The number of nitrogens with two attached hydrogens (primary N) is 1. The predicted molar refractivity (Wildman–Crippen MR) is 63.8 cm³/mol. The molecule has 0 aromatic rings. The summed E-state index contributed by atoms with van der Waals surface area (Å²) >= 11 is 0. The third-order valence-electron chi connectivity index (χ3n) is 3.14. The largest absolute Gasteiger partial charge is 0.393 e. The van der Waals surface area contributed by atoms with Crippen molar-refractivity contribution in [3.63, 3.8) is 0 Å². The molecule has 92 valence electrons. The number of nitrogens with one attached hydrogen (secondary N) is 1. The van der Waals surface area contributed by atoms with E-state index in [2.05, 4.69) is 11.9 Å². The second-order valence-electron chi connectivity index (χ2n) is 4.55. The zero-order chi connectivity index (χ0) is 12.0. The summed E-state index contributed by atoms with van der Waals surface area (Å²) in [6.45, 7) is 4.23. The van der Waals surface area contributed by atoms with Crippen LogP contribution in [0.25, 0.3) is 0 Å². The van der Waals surface area contributed by atoms with Gasteiger partial charge in [-0.2, -0.15) is 0 Å². The van der Waals surface area contributed by atoms with Gasteiger partial charge in [-0.1, -0.05) is 6.08 Å². The molecular weight excluding hydrogens is 204 g/mol. The molecule has 0 aromatic heterocycles. The maximum Gasteiger partial charge on any atom is 0.237 e. The molecule has 0 bridgehead atoms. The number of hydrogen-bond acceptors (Lipinski definition) is 3. The van der Waals surface area contributed by atoms with Crippen molar-refractivity contribution in [2.45, 2.75) is 44.2 Å². The van der Waals surface area contributed by atoms with Crippen molar-refractivity contribution in [1.29, 1.82) is 0 Å². The summed E-state index contributed by atoms with van der Waals surface area (Å²) in [7, 11) is 0. The molecule has 1 rings (SSSR count). The van der Waals surface area contributed by atoms with Crippen LogP contribution in [0.15, 0.2) is 12.7 Å². The summed E-state index contributed by atoms with van der Waals surface area (Å²) in [6.07, 6.45) is 5.68. The van der Waals surface area contributed by atoms with Crippen LogP contribution in [0.5, 0.6) is 0 Å². The first-order chi connectivity index (χ1) is 7.63. The lowest BCUT2D eigenvalue weighted by atomic mass is 9.87. The molecule has 1 aliphatic rings. The van der Waals surface area contributed by atoms with Crippen LogP contribution < -0.4 is 11.1 Å². The molecule has 1 saturated carbocycles. The van der Waals surface area contributed by atoms with Gasteiger partial charge in [0.25, 0.3) is 0 Å². The molecule has 0 spiro atoms. The molecular formula is C12H22N2O2. The first-order valence-electron chi connectivity index (χ1n) is 5.95. The summed E-state index contributed by atoms with van der Waals surface area (Å²) in [6, 6.07) is -0.480. The first kappa shape index (κ1) is 13.2. The molecule has 16 heavy (non-hydrogen) atoms. The molecule has 1 atom stereocenters. The second kappa shape index (κ2) is 6.66. The zero-order valence-electron chi connectivity index (χ0n) is 9.69. The van der Waals surface area contributed by atoms with Gasteiger partial charge in [0, 0.05) is 6.54 Å². The normalized spacial score (nSPS) is 27.1. The van der Waals surface area contributed by atoms with Crippen LogP contribution in [0.1, 0.15) is 32.1 Å². The van der Waals surface area contributed by atoms with E-state index in [1.807, 2.05) is 0 Å². The fraction of sp³-hybridized carbons (Fsp3) is 0.750. The fourth-order valence-corrected chi connectivity index (χ4v) is 2.01. The lowest BCUT2D eigenvalue weighted by Crippen LogP contribution is -2.42. The number of hydrogen-bond donors (Lipinski definition) is 3. The van der Waals surface area contributed by atoms with Crippen LogP contribution in [0, 0.1) is 5.92 Å². The van der Waals surface area contributed by atoms with Gasteiger partial charge in [-0.15, -0.1) is 6.58 Å². The number of aliphatic hydroxyl groups excluding tert-OH is 1. The molecule has 0 heterocycles. The molecule has 4 nitrogen and oxygen atoms in total. The van der Waals surface area contributed by atoms with Crippen molar-refractivity contribution in [1.82, 2.24) is 5.32 Å². The minimum absolute atomic E-state index is 0.106. The highest BCUT2D eigenvalue weighted by atomic mass is 16.3. The first-order valence-corrected chi connectivity index (χ1v) is 5.95. The van der Waals surface area contributed by atoms with Crippen molar-refractivity contribution in [3.05, 3.63) is 12.7 Å².